The molecule has 4 atom stereocenters. The topological polar surface area (TPSA) is 146 Å². The van der Waals surface area contributed by atoms with Gasteiger partial charge >= 0.3 is 0 Å². The first-order chi connectivity index (χ1) is 35.5. The van der Waals surface area contributed by atoms with Crippen molar-refractivity contribution in [1.82, 2.24) is 39.9 Å². The van der Waals surface area contributed by atoms with E-state index >= 15 is 0 Å². The van der Waals surface area contributed by atoms with Gasteiger partial charge in [-0.2, -0.15) is 0 Å². The molecule has 0 fully saturated rings. The molecule has 12 nitrogen and oxygen atoms in total. The summed E-state index contributed by atoms with van der Waals surface area (Å²) in [6.07, 6.45) is -0.507. The second-order valence-electron chi connectivity index (χ2n) is 26.9. The molecule has 8 bridgehead atoms. The molecular weight excluding hydrogens is 945 g/mol. The van der Waals surface area contributed by atoms with Gasteiger partial charge in [0.15, 0.2) is 23.3 Å². The molecule has 2 aliphatic rings. The van der Waals surface area contributed by atoms with Gasteiger partial charge in [-0.05, 0) is 69.6 Å². The van der Waals surface area contributed by atoms with Crippen LogP contribution in [0.2, 0.25) is 0 Å². The molecule has 0 radical (unpaired) electrons. The monoisotopic (exact) mass is 1030 g/mol. The minimum absolute atomic E-state index is 0.125. The number of benzene rings is 4. The summed E-state index contributed by atoms with van der Waals surface area (Å²) < 4.78 is 28.5. The highest BCUT2D eigenvalue weighted by Crippen LogP contribution is 2.47. The van der Waals surface area contributed by atoms with E-state index in [0.29, 0.717) is 68.9 Å². The summed E-state index contributed by atoms with van der Waals surface area (Å²) in [7, 11) is 0. The van der Waals surface area contributed by atoms with Gasteiger partial charge in [0, 0.05) is 21.9 Å². The van der Waals surface area contributed by atoms with E-state index in [9.17, 15) is 0 Å². The molecular formula is C64H82N8O4. The molecule has 4 unspecified atom stereocenters. The second-order valence-corrected chi connectivity index (χ2v) is 26.9. The van der Waals surface area contributed by atoms with Gasteiger partial charge in [-0.25, -0.2) is 29.9 Å². The minimum atomic E-state index is -0.175. The predicted molar refractivity (Wildman–Crippen MR) is 311 cm³/mol. The molecule has 7 aromatic rings. The number of hydrogen-bond acceptors (Lipinski definition) is 10. The van der Waals surface area contributed by atoms with Crippen LogP contribution < -0.4 is 18.9 Å². The summed E-state index contributed by atoms with van der Waals surface area (Å²) in [6.45, 7) is 44.3. The molecule has 0 spiro atoms. The first-order valence-corrected chi connectivity index (χ1v) is 27.5. The van der Waals surface area contributed by atoms with E-state index < -0.39 is 0 Å². The Morgan fingerprint density at radius 2 is 0.605 bits per heavy atom. The number of hydrogen-bond donors (Lipinski definition) is 2. The van der Waals surface area contributed by atoms with Crippen molar-refractivity contribution in [2.45, 2.75) is 163 Å². The molecule has 4 aromatic carbocycles. The van der Waals surface area contributed by atoms with E-state index in [1.165, 1.54) is 0 Å². The van der Waals surface area contributed by atoms with Crippen LogP contribution in [0, 0.1) is 45.3 Å². The average molecular weight is 1030 g/mol. The lowest BCUT2D eigenvalue weighted by Crippen LogP contribution is -2.36. The van der Waals surface area contributed by atoms with Crippen molar-refractivity contribution >= 4 is 44.1 Å². The number of fused-ring (bicyclic) bond motifs is 20. The van der Waals surface area contributed by atoms with Crippen LogP contribution in [0.15, 0.2) is 72.8 Å². The zero-order chi connectivity index (χ0) is 55.1. The number of aromatic nitrogens is 8. The number of ether oxygens (including phenoxy) is 4. The van der Waals surface area contributed by atoms with Crippen molar-refractivity contribution in [3.63, 3.8) is 0 Å². The van der Waals surface area contributed by atoms with Gasteiger partial charge in [-0.15, -0.1) is 0 Å². The fraction of sp³-hybridized carbons (Fsp3) is 0.500. The summed E-state index contributed by atoms with van der Waals surface area (Å²) >= 11 is 0. The van der Waals surface area contributed by atoms with Crippen LogP contribution in [0.5, 0.6) is 23.0 Å². The van der Waals surface area contributed by atoms with Crippen molar-refractivity contribution in [2.75, 3.05) is 0 Å². The smallest absolute Gasteiger partial charge is 0.168 e. The number of nitrogens with one attached hydrogen (secondary N) is 2. The maximum atomic E-state index is 7.14. The Kier molecular flexibility index (Phi) is 14.1. The molecule has 2 N–H and O–H groups in total. The van der Waals surface area contributed by atoms with Gasteiger partial charge in [0.05, 0.1) is 21.9 Å². The van der Waals surface area contributed by atoms with Gasteiger partial charge in [0.25, 0.3) is 0 Å². The molecule has 0 saturated heterocycles. The number of rotatable bonds is 12. The molecule has 402 valence electrons. The highest BCUT2D eigenvalue weighted by atomic mass is 16.5. The molecule has 9 rings (SSSR count). The van der Waals surface area contributed by atoms with Gasteiger partial charge in [-0.3, -0.25) is 0 Å². The Balaban J connectivity index is 1.46. The molecule has 0 saturated carbocycles. The predicted octanol–water partition coefficient (Wildman–Crippen LogP) is 16.7. The maximum absolute atomic E-state index is 7.14. The van der Waals surface area contributed by atoms with Crippen molar-refractivity contribution in [1.29, 1.82) is 0 Å². The third-order valence-corrected chi connectivity index (χ3v) is 14.6. The molecule has 76 heavy (non-hydrogen) atoms. The Bertz CT molecular complexity index is 3260. The molecule has 12 heteroatoms. The quantitative estimate of drug-likeness (QED) is 0.121. The highest BCUT2D eigenvalue weighted by molar-refractivity contribution is 6.10. The van der Waals surface area contributed by atoms with Gasteiger partial charge in [0.2, 0.25) is 0 Å². The fourth-order valence-corrected chi connectivity index (χ4v) is 12.0. The van der Waals surface area contributed by atoms with Crippen LogP contribution in [0.1, 0.15) is 138 Å². The maximum Gasteiger partial charge on any atom is 0.168 e. The lowest BCUT2D eigenvalue weighted by atomic mass is 9.82. The SMILES string of the molecule is CC(C)C(Oc1cccc2c1-c1nc-2nc2[nH]c(nc3nc(nc4[nH]c(n1)c1cccc(OC(C(C)C)C(C)(C)C)c41)-c1cccc(OC(C(C)C)C(C)(C)C)c1-3)c1cccc(OC(C(C)C)C(C)(C)C)c21)C(C)(C)C. The summed E-state index contributed by atoms with van der Waals surface area (Å²) in [5.74, 6) is 5.42. The fourth-order valence-electron chi connectivity index (χ4n) is 12.0. The van der Waals surface area contributed by atoms with E-state index in [1.807, 2.05) is 60.7 Å². The zero-order valence-corrected chi connectivity index (χ0v) is 48.9. The lowest BCUT2D eigenvalue weighted by molar-refractivity contribution is 0.0477. The molecule has 3 aromatic heterocycles. The van der Waals surface area contributed by atoms with Crippen molar-refractivity contribution < 1.29 is 18.9 Å². The van der Waals surface area contributed by atoms with Gasteiger partial charge in [0.1, 0.15) is 70.0 Å². The van der Waals surface area contributed by atoms with Crippen LogP contribution in [0.3, 0.4) is 0 Å². The third-order valence-electron chi connectivity index (χ3n) is 14.6. The molecule has 0 amide bonds. The highest BCUT2D eigenvalue weighted by Gasteiger charge is 2.36. The first kappa shape index (κ1) is 54.2. The van der Waals surface area contributed by atoms with Crippen molar-refractivity contribution in [2.24, 2.45) is 45.3 Å². The first-order valence-electron chi connectivity index (χ1n) is 27.5. The van der Waals surface area contributed by atoms with Crippen LogP contribution >= 0.6 is 0 Å². The van der Waals surface area contributed by atoms with Crippen LogP contribution in [-0.4, -0.2) is 64.3 Å². The van der Waals surface area contributed by atoms with E-state index in [0.717, 1.165) is 43.8 Å². The number of aromatic amines is 2. The summed E-state index contributed by atoms with van der Waals surface area (Å²) in [4.78, 5) is 40.1. The van der Waals surface area contributed by atoms with Crippen LogP contribution in [0.25, 0.3) is 89.7 Å². The summed E-state index contributed by atoms with van der Waals surface area (Å²) in [5, 5.41) is 3.19. The van der Waals surface area contributed by atoms with E-state index in [-0.39, 0.29) is 69.7 Å². The van der Waals surface area contributed by atoms with Crippen LogP contribution in [-0.2, 0) is 0 Å². The Hall–Kier alpha value is -6.56. The average Bonchev–Trinajstić information content (AvgIpc) is 4.06. The summed E-state index contributed by atoms with van der Waals surface area (Å²) in [6, 6.07) is 24.4. The Morgan fingerprint density at radius 1 is 0.329 bits per heavy atom. The standard InChI is InChI=1S/C64H82N8O4/c1-33(2)49(61(9,10)11)73-41-29-21-25-37-45(41)57-65-53(37)70-58-47-39(27-23-31-43(47)75-51(35(5)6)63(15,16)17)55(67-58)72-60-48-40(28-24-32-44(48)76-52(36(7)8)64(18,19)20)56(68-60)71-59-46-38(54(66-59)69-57)26-22-30-42(46)74-50(34(3)4)62(12,13)14/h21-36,49-52H,1-20H3,(H2,65,66,67,68,69,70,71,72). The Labute approximate surface area is 450 Å². The van der Waals surface area contributed by atoms with E-state index in [1.54, 1.807) is 0 Å². The largest absolute Gasteiger partial charge is 0.489 e. The number of H-pyrrole nitrogens is 2. The van der Waals surface area contributed by atoms with Crippen LogP contribution in [0.4, 0.5) is 0 Å². The number of nitrogens with zero attached hydrogens (tertiary/aromatic N) is 6. The van der Waals surface area contributed by atoms with Crippen molar-refractivity contribution in [3.05, 3.63) is 72.8 Å². The zero-order valence-electron chi connectivity index (χ0n) is 48.9. The van der Waals surface area contributed by atoms with Gasteiger partial charge < -0.3 is 28.9 Å². The van der Waals surface area contributed by atoms with Gasteiger partial charge in [-0.1, -0.05) is 187 Å². The van der Waals surface area contributed by atoms with Crippen molar-refractivity contribution in [3.8, 4) is 68.5 Å². The van der Waals surface area contributed by atoms with E-state index in [4.69, 9.17) is 48.9 Å². The second kappa shape index (κ2) is 19.8. The normalized spacial score (nSPS) is 14.8. The molecule has 2 aliphatic heterocycles. The Morgan fingerprint density at radius 3 is 0.908 bits per heavy atom. The molecule has 5 heterocycles. The minimum Gasteiger partial charge on any atom is -0.489 e. The molecule has 0 aliphatic carbocycles. The lowest BCUT2D eigenvalue weighted by Gasteiger charge is -2.34. The van der Waals surface area contributed by atoms with E-state index in [2.05, 4.69) is 161 Å². The summed E-state index contributed by atoms with van der Waals surface area (Å²) in [5.41, 5.74) is 4.57. The third kappa shape index (κ3) is 10.4.